The fraction of sp³-hybridized carbons (Fsp3) is 0.750. The summed E-state index contributed by atoms with van der Waals surface area (Å²) in [7, 11) is 0. The summed E-state index contributed by atoms with van der Waals surface area (Å²) < 4.78 is 16.8. The van der Waals surface area contributed by atoms with E-state index in [1.54, 1.807) is 0 Å². The van der Waals surface area contributed by atoms with Gasteiger partial charge in [0.25, 0.3) is 0 Å². The van der Waals surface area contributed by atoms with E-state index in [1.165, 1.54) is 135 Å². The molecule has 0 N–H and O–H groups in total. The van der Waals surface area contributed by atoms with Crippen molar-refractivity contribution in [3.8, 4) is 0 Å². The predicted molar refractivity (Wildman–Crippen MR) is 284 cm³/mol. The number of carbonyl (C=O) groups is 3. The molecular formula is C60H104O6. The number of allylic oxidation sites excluding steroid dienone is 12. The van der Waals surface area contributed by atoms with Gasteiger partial charge in [0.2, 0.25) is 0 Å². The lowest BCUT2D eigenvalue weighted by Crippen LogP contribution is -2.30. The molecule has 1 unspecified atom stereocenters. The Kier molecular flexibility index (Phi) is 51.9. The van der Waals surface area contributed by atoms with Gasteiger partial charge in [0, 0.05) is 19.3 Å². The third-order valence-corrected chi connectivity index (χ3v) is 12.1. The number of carbonyl (C=O) groups excluding carboxylic acids is 3. The van der Waals surface area contributed by atoms with Crippen molar-refractivity contribution in [2.45, 2.75) is 277 Å². The first kappa shape index (κ1) is 62.8. The Balaban J connectivity index is 4.44. The van der Waals surface area contributed by atoms with Crippen LogP contribution >= 0.6 is 0 Å². The molecule has 0 spiro atoms. The minimum absolute atomic E-state index is 0.0919. The summed E-state index contributed by atoms with van der Waals surface area (Å²) in [5.41, 5.74) is 0. The first-order chi connectivity index (χ1) is 32.5. The number of hydrogen-bond donors (Lipinski definition) is 0. The van der Waals surface area contributed by atoms with Gasteiger partial charge in [-0.15, -0.1) is 0 Å². The Morgan fingerprint density at radius 2 is 0.591 bits per heavy atom. The van der Waals surface area contributed by atoms with Crippen molar-refractivity contribution in [1.82, 2.24) is 0 Å². The molecule has 0 aromatic heterocycles. The van der Waals surface area contributed by atoms with Crippen LogP contribution in [0.1, 0.15) is 271 Å². The zero-order valence-electron chi connectivity index (χ0n) is 43.4. The van der Waals surface area contributed by atoms with Gasteiger partial charge < -0.3 is 14.2 Å². The summed E-state index contributed by atoms with van der Waals surface area (Å²) in [6, 6.07) is 0. The van der Waals surface area contributed by atoms with E-state index in [2.05, 4.69) is 75.5 Å². The van der Waals surface area contributed by atoms with Crippen LogP contribution in [-0.4, -0.2) is 37.2 Å². The molecule has 0 saturated carbocycles. The van der Waals surface area contributed by atoms with Crippen LogP contribution in [0.15, 0.2) is 72.9 Å². The Hall–Kier alpha value is -3.15. The smallest absolute Gasteiger partial charge is 0.306 e. The number of esters is 3. The normalized spacial score (nSPS) is 12.6. The zero-order chi connectivity index (χ0) is 47.9. The molecule has 0 aliphatic rings. The maximum Gasteiger partial charge on any atom is 0.306 e. The van der Waals surface area contributed by atoms with Gasteiger partial charge in [0.15, 0.2) is 6.10 Å². The van der Waals surface area contributed by atoms with E-state index < -0.39 is 6.10 Å². The number of rotatable bonds is 50. The van der Waals surface area contributed by atoms with Gasteiger partial charge in [0.1, 0.15) is 13.2 Å². The molecule has 0 aliphatic carbocycles. The molecule has 0 aromatic rings. The second kappa shape index (κ2) is 54.5. The van der Waals surface area contributed by atoms with Gasteiger partial charge in [0.05, 0.1) is 0 Å². The van der Waals surface area contributed by atoms with E-state index in [-0.39, 0.29) is 31.1 Å². The van der Waals surface area contributed by atoms with Gasteiger partial charge in [-0.2, -0.15) is 0 Å². The molecule has 6 nitrogen and oxygen atoms in total. The molecule has 6 heteroatoms. The monoisotopic (exact) mass is 921 g/mol. The maximum atomic E-state index is 12.8. The molecular weight excluding hydrogens is 817 g/mol. The summed E-state index contributed by atoms with van der Waals surface area (Å²) >= 11 is 0. The molecule has 380 valence electrons. The third-order valence-electron chi connectivity index (χ3n) is 12.1. The molecule has 0 rings (SSSR count). The Labute approximate surface area is 408 Å². The fourth-order valence-corrected chi connectivity index (χ4v) is 7.86. The molecule has 0 aliphatic heterocycles. The van der Waals surface area contributed by atoms with Crippen LogP contribution < -0.4 is 0 Å². The molecule has 0 radical (unpaired) electrons. The van der Waals surface area contributed by atoms with Crippen molar-refractivity contribution in [1.29, 1.82) is 0 Å². The Morgan fingerprint density at radius 1 is 0.318 bits per heavy atom. The maximum absolute atomic E-state index is 12.8. The first-order valence-corrected chi connectivity index (χ1v) is 28.0. The average molecular weight is 921 g/mol. The van der Waals surface area contributed by atoms with Crippen molar-refractivity contribution in [2.24, 2.45) is 0 Å². The number of ether oxygens (including phenoxy) is 3. The van der Waals surface area contributed by atoms with E-state index in [1.807, 2.05) is 18.2 Å². The molecule has 66 heavy (non-hydrogen) atoms. The molecule has 0 fully saturated rings. The average Bonchev–Trinajstić information content (AvgIpc) is 3.31. The lowest BCUT2D eigenvalue weighted by Gasteiger charge is -2.18. The molecule has 0 saturated heterocycles. The number of hydrogen-bond acceptors (Lipinski definition) is 6. The van der Waals surface area contributed by atoms with Crippen LogP contribution in [-0.2, 0) is 28.6 Å². The number of unbranched alkanes of at least 4 members (excludes halogenated alkanes) is 31. The zero-order valence-corrected chi connectivity index (χ0v) is 43.4. The van der Waals surface area contributed by atoms with Gasteiger partial charge in [-0.25, -0.2) is 0 Å². The van der Waals surface area contributed by atoms with Gasteiger partial charge >= 0.3 is 17.9 Å². The molecule has 1 atom stereocenters. The van der Waals surface area contributed by atoms with E-state index in [9.17, 15) is 14.4 Å². The fourth-order valence-electron chi connectivity index (χ4n) is 7.86. The minimum Gasteiger partial charge on any atom is -0.462 e. The van der Waals surface area contributed by atoms with Crippen LogP contribution in [0.2, 0.25) is 0 Å². The van der Waals surface area contributed by atoms with E-state index >= 15 is 0 Å². The van der Waals surface area contributed by atoms with Gasteiger partial charge in [-0.1, -0.05) is 261 Å². The topological polar surface area (TPSA) is 78.9 Å². The summed E-state index contributed by atoms with van der Waals surface area (Å²) in [5, 5.41) is 0. The van der Waals surface area contributed by atoms with E-state index in [4.69, 9.17) is 14.2 Å². The van der Waals surface area contributed by atoms with Crippen LogP contribution in [0.4, 0.5) is 0 Å². The highest BCUT2D eigenvalue weighted by molar-refractivity contribution is 5.71. The quantitative estimate of drug-likeness (QED) is 0.0262. The van der Waals surface area contributed by atoms with Crippen LogP contribution in [0.25, 0.3) is 0 Å². The third kappa shape index (κ3) is 51.8. The van der Waals surface area contributed by atoms with Crippen molar-refractivity contribution >= 4 is 17.9 Å². The van der Waals surface area contributed by atoms with Crippen LogP contribution in [0.3, 0.4) is 0 Å². The molecule has 0 bridgehead atoms. The van der Waals surface area contributed by atoms with Crippen molar-refractivity contribution in [3.63, 3.8) is 0 Å². The summed E-state index contributed by atoms with van der Waals surface area (Å²) in [6.45, 7) is 6.48. The van der Waals surface area contributed by atoms with E-state index in [0.717, 1.165) is 96.3 Å². The van der Waals surface area contributed by atoms with Gasteiger partial charge in [-0.3, -0.25) is 14.4 Å². The highest BCUT2D eigenvalue weighted by atomic mass is 16.6. The minimum atomic E-state index is -0.798. The lowest BCUT2D eigenvalue weighted by atomic mass is 10.0. The summed E-state index contributed by atoms with van der Waals surface area (Å²) in [4.78, 5) is 38.1. The van der Waals surface area contributed by atoms with Crippen LogP contribution in [0, 0.1) is 0 Å². The lowest BCUT2D eigenvalue weighted by molar-refractivity contribution is -0.167. The highest BCUT2D eigenvalue weighted by Crippen LogP contribution is 2.16. The van der Waals surface area contributed by atoms with Crippen molar-refractivity contribution in [2.75, 3.05) is 13.2 Å². The second-order valence-corrected chi connectivity index (χ2v) is 18.6. The molecule has 0 amide bonds. The largest absolute Gasteiger partial charge is 0.462 e. The molecule has 0 aromatic carbocycles. The highest BCUT2D eigenvalue weighted by Gasteiger charge is 2.19. The van der Waals surface area contributed by atoms with Crippen LogP contribution in [0.5, 0.6) is 0 Å². The Bertz CT molecular complexity index is 1240. The first-order valence-electron chi connectivity index (χ1n) is 28.0. The summed E-state index contributed by atoms with van der Waals surface area (Å²) in [6.07, 6.45) is 68.9. The SMILES string of the molecule is CC\C=C/C=C\C=C/C=C\CCCCCCCC(=O)OCC(COC(=O)CCCCCCCCCCCCCCCCCCC)OC(=O)CCCCC/C=C\C=C/CCCCCCCCC. The second-order valence-electron chi connectivity index (χ2n) is 18.6. The Morgan fingerprint density at radius 3 is 0.955 bits per heavy atom. The van der Waals surface area contributed by atoms with Crippen molar-refractivity contribution in [3.05, 3.63) is 72.9 Å². The molecule has 0 heterocycles. The van der Waals surface area contributed by atoms with Crippen molar-refractivity contribution < 1.29 is 28.6 Å². The summed E-state index contributed by atoms with van der Waals surface area (Å²) in [5.74, 6) is -0.934. The van der Waals surface area contributed by atoms with E-state index in [0.29, 0.717) is 19.3 Å². The standard InChI is InChI=1S/C60H104O6/c1-4-7-10-13-16-19-22-25-28-30-33-35-38-41-44-47-50-53-59(62)65-56-57(55-64-58(61)52-49-46-43-40-37-34-31-27-24-21-18-15-12-9-6-3)66-60(63)54-51-48-45-42-39-36-32-29-26-23-20-17-14-11-8-5-2/h9,12,15,18,21,24,27,29,31-32,36,39,57H,4-8,10-11,13-14,16-17,19-20,22-23,25-26,28,30,33-35,37-38,40-56H2,1-3H3/b12-9-,18-15-,24-21-,31-27-,32-29-,39-36-. The van der Waals surface area contributed by atoms with Gasteiger partial charge in [-0.05, 0) is 64.2 Å². The predicted octanol–water partition coefficient (Wildman–Crippen LogP) is 18.6.